The first-order valence-electron chi connectivity index (χ1n) is 2.79. The predicted molar refractivity (Wildman–Crippen MR) is 43.5 cm³/mol. The van der Waals surface area contributed by atoms with Crippen LogP contribution in [-0.4, -0.2) is 22.3 Å². The summed E-state index contributed by atoms with van der Waals surface area (Å²) >= 11 is 1.23. The van der Waals surface area contributed by atoms with E-state index in [1.165, 1.54) is 11.3 Å². The van der Waals surface area contributed by atoms with E-state index in [4.69, 9.17) is 15.0 Å². The van der Waals surface area contributed by atoms with Gasteiger partial charge in [0, 0.05) is 0 Å². The number of hydrogen-bond donors (Lipinski definition) is 3. The van der Waals surface area contributed by atoms with Crippen molar-refractivity contribution in [1.82, 2.24) is 0 Å². The van der Waals surface area contributed by atoms with Gasteiger partial charge in [-0.15, -0.1) is 11.3 Å². The molecule has 66 valence electrons. The molecule has 0 aromatic carbocycles. The predicted octanol–water partition coefficient (Wildman–Crippen LogP) is 1.07. The van der Waals surface area contributed by atoms with Crippen molar-refractivity contribution in [3.05, 3.63) is 22.4 Å². The highest BCUT2D eigenvalue weighted by molar-refractivity contribution is 7.11. The third-order valence-corrected chi connectivity index (χ3v) is 1.59. The molecule has 0 saturated heterocycles. The average molecular weight is 189 g/mol. The maximum absolute atomic E-state index is 10.1. The van der Waals surface area contributed by atoms with Crippen LogP contribution in [0.3, 0.4) is 0 Å². The van der Waals surface area contributed by atoms with E-state index in [9.17, 15) is 4.79 Å². The van der Waals surface area contributed by atoms with Crippen LogP contribution in [0.25, 0.3) is 0 Å². The highest BCUT2D eigenvalue weighted by Crippen LogP contribution is 2.06. The van der Waals surface area contributed by atoms with Crippen LogP contribution in [0.15, 0.2) is 17.5 Å². The summed E-state index contributed by atoms with van der Waals surface area (Å²) in [6, 6.07) is 3.29. The van der Waals surface area contributed by atoms with Crippen molar-refractivity contribution in [2.75, 3.05) is 0 Å². The zero-order valence-corrected chi connectivity index (χ0v) is 6.75. The molecule has 0 fully saturated rings. The monoisotopic (exact) mass is 189 g/mol. The molecule has 1 aromatic heterocycles. The zero-order valence-electron chi connectivity index (χ0n) is 5.93. The van der Waals surface area contributed by atoms with Gasteiger partial charge in [0.2, 0.25) is 0 Å². The second-order valence-electron chi connectivity index (χ2n) is 1.62. The van der Waals surface area contributed by atoms with Gasteiger partial charge in [-0.1, -0.05) is 6.07 Å². The number of amides is 1. The van der Waals surface area contributed by atoms with E-state index in [1.54, 1.807) is 17.5 Å². The molecule has 4 N–H and O–H groups in total. The Balaban J connectivity index is 0.000000261. The minimum atomic E-state index is -1.33. The van der Waals surface area contributed by atoms with Crippen LogP contribution in [0.1, 0.15) is 9.67 Å². The smallest absolute Gasteiger partial charge is 0.402 e. The van der Waals surface area contributed by atoms with Gasteiger partial charge in [0.15, 0.2) is 0 Å². The summed E-state index contributed by atoms with van der Waals surface area (Å²) in [5, 5.41) is 17.2. The summed E-state index contributed by atoms with van der Waals surface area (Å²) < 4.78 is 0. The van der Waals surface area contributed by atoms with Gasteiger partial charge in [-0.2, -0.15) is 0 Å². The normalized spacial score (nSPS) is 8.00. The minimum absolute atomic E-state index is 0.394. The Morgan fingerprint density at radius 2 is 1.92 bits per heavy atom. The van der Waals surface area contributed by atoms with Crippen molar-refractivity contribution in [3.8, 4) is 0 Å². The lowest BCUT2D eigenvalue weighted by atomic mass is 10.5. The number of hydrogen-bond acceptors (Lipinski definition) is 3. The van der Waals surface area contributed by atoms with E-state index in [-0.39, 0.29) is 0 Å². The molecule has 0 bridgehead atoms. The van der Waals surface area contributed by atoms with Gasteiger partial charge in [-0.05, 0) is 11.4 Å². The molecule has 0 atom stereocenters. The lowest BCUT2D eigenvalue weighted by Gasteiger charge is -1.78. The average Bonchev–Trinajstić information content (AvgIpc) is 2.34. The Morgan fingerprint density at radius 1 is 1.42 bits per heavy atom. The number of rotatable bonds is 1. The SMILES string of the molecule is NC(=O)O.O=C(O)c1cccs1. The van der Waals surface area contributed by atoms with Gasteiger partial charge in [-0.3, -0.25) is 0 Å². The van der Waals surface area contributed by atoms with Crippen LogP contribution >= 0.6 is 11.3 Å². The van der Waals surface area contributed by atoms with Crippen LogP contribution < -0.4 is 5.73 Å². The first-order chi connectivity index (χ1) is 5.54. The second kappa shape index (κ2) is 5.14. The number of thiophene rings is 1. The van der Waals surface area contributed by atoms with Crippen molar-refractivity contribution < 1.29 is 19.8 Å². The summed E-state index contributed by atoms with van der Waals surface area (Å²) in [6.07, 6.45) is -1.33. The van der Waals surface area contributed by atoms with Gasteiger partial charge in [0.05, 0.1) is 0 Å². The minimum Gasteiger partial charge on any atom is -0.477 e. The first kappa shape index (κ1) is 10.4. The summed E-state index contributed by atoms with van der Waals surface area (Å²) in [4.78, 5) is 19.2. The lowest BCUT2D eigenvalue weighted by Crippen LogP contribution is -2.03. The number of primary amides is 1. The molecule has 0 aliphatic rings. The van der Waals surface area contributed by atoms with Gasteiger partial charge in [0.1, 0.15) is 4.88 Å². The van der Waals surface area contributed by atoms with Crippen molar-refractivity contribution in [1.29, 1.82) is 0 Å². The molecule has 0 aliphatic heterocycles. The van der Waals surface area contributed by atoms with E-state index in [0.29, 0.717) is 4.88 Å². The van der Waals surface area contributed by atoms with Crippen LogP contribution in [0.2, 0.25) is 0 Å². The zero-order chi connectivity index (χ0) is 9.56. The molecule has 1 heterocycles. The third kappa shape index (κ3) is 5.24. The highest BCUT2D eigenvalue weighted by Gasteiger charge is 1.99. The quantitative estimate of drug-likeness (QED) is 0.615. The maximum Gasteiger partial charge on any atom is 0.402 e. The molecule has 0 spiro atoms. The Bertz CT molecular complexity index is 253. The lowest BCUT2D eigenvalue weighted by molar-refractivity contribution is 0.0702. The molecule has 12 heavy (non-hydrogen) atoms. The summed E-state index contributed by atoms with van der Waals surface area (Å²) in [5.41, 5.74) is 4.03. The standard InChI is InChI=1S/C5H4O2S.CH3NO2/c6-5(7)4-2-1-3-8-4;2-1(3)4/h1-3H,(H,6,7);2H2,(H,3,4). The first-order valence-corrected chi connectivity index (χ1v) is 3.67. The van der Waals surface area contributed by atoms with Crippen molar-refractivity contribution >= 4 is 23.4 Å². The molecule has 1 amide bonds. The van der Waals surface area contributed by atoms with Crippen LogP contribution in [-0.2, 0) is 0 Å². The third-order valence-electron chi connectivity index (χ3n) is 0.732. The van der Waals surface area contributed by atoms with E-state index in [0.717, 1.165) is 0 Å². The van der Waals surface area contributed by atoms with Crippen LogP contribution in [0.5, 0.6) is 0 Å². The molecule has 0 unspecified atom stereocenters. The molecular formula is C6H7NO4S. The fraction of sp³-hybridized carbons (Fsp3) is 0. The fourth-order valence-corrected chi connectivity index (χ4v) is 0.962. The molecular weight excluding hydrogens is 182 g/mol. The number of carbonyl (C=O) groups is 2. The largest absolute Gasteiger partial charge is 0.477 e. The van der Waals surface area contributed by atoms with Gasteiger partial charge >= 0.3 is 12.1 Å². The van der Waals surface area contributed by atoms with Crippen LogP contribution in [0.4, 0.5) is 4.79 Å². The number of carboxylic acid groups (broad SMARTS) is 2. The summed E-state index contributed by atoms with van der Waals surface area (Å²) in [6.45, 7) is 0. The topological polar surface area (TPSA) is 101 Å². The van der Waals surface area contributed by atoms with Crippen molar-refractivity contribution in [2.24, 2.45) is 5.73 Å². The van der Waals surface area contributed by atoms with E-state index in [2.05, 4.69) is 5.73 Å². The summed E-state index contributed by atoms with van der Waals surface area (Å²) in [7, 11) is 0. The Hall–Kier alpha value is -1.56. The van der Waals surface area contributed by atoms with Crippen LogP contribution in [0, 0.1) is 0 Å². The molecule has 1 aromatic rings. The van der Waals surface area contributed by atoms with Gasteiger partial charge < -0.3 is 15.9 Å². The Labute approximate surface area is 72.1 Å². The molecule has 6 heteroatoms. The fourth-order valence-electron chi connectivity index (χ4n) is 0.400. The van der Waals surface area contributed by atoms with Gasteiger partial charge in [0.25, 0.3) is 0 Å². The Morgan fingerprint density at radius 3 is 2.08 bits per heavy atom. The maximum atomic E-state index is 10.1. The highest BCUT2D eigenvalue weighted by atomic mass is 32.1. The van der Waals surface area contributed by atoms with Crippen molar-refractivity contribution in [3.63, 3.8) is 0 Å². The van der Waals surface area contributed by atoms with Crippen molar-refractivity contribution in [2.45, 2.75) is 0 Å². The van der Waals surface area contributed by atoms with Gasteiger partial charge in [-0.25, -0.2) is 9.59 Å². The molecule has 1 rings (SSSR count). The number of carboxylic acids is 1. The number of nitrogens with two attached hydrogens (primary N) is 1. The molecule has 0 aliphatic carbocycles. The molecule has 5 nitrogen and oxygen atoms in total. The second-order valence-corrected chi connectivity index (χ2v) is 2.57. The Kier molecular flexibility index (Phi) is 4.47. The van der Waals surface area contributed by atoms with E-state index < -0.39 is 12.1 Å². The summed E-state index contributed by atoms with van der Waals surface area (Å²) in [5.74, 6) is -0.847. The molecule has 0 radical (unpaired) electrons. The number of aromatic carboxylic acids is 1. The van der Waals surface area contributed by atoms with E-state index in [1.807, 2.05) is 0 Å². The van der Waals surface area contributed by atoms with E-state index >= 15 is 0 Å². The molecule has 0 saturated carbocycles.